The van der Waals surface area contributed by atoms with Gasteiger partial charge in [0, 0.05) is 25.3 Å². The summed E-state index contributed by atoms with van der Waals surface area (Å²) < 4.78 is 3.56. The topological polar surface area (TPSA) is 84.5 Å². The van der Waals surface area contributed by atoms with Crippen LogP contribution in [-0.4, -0.2) is 48.7 Å². The predicted molar refractivity (Wildman–Crippen MR) is 97.3 cm³/mol. The second kappa shape index (κ2) is 6.22. The van der Waals surface area contributed by atoms with Gasteiger partial charge in [-0.2, -0.15) is 10.2 Å². The van der Waals surface area contributed by atoms with Gasteiger partial charge in [-0.1, -0.05) is 6.07 Å². The van der Waals surface area contributed by atoms with Gasteiger partial charge < -0.3 is 10.2 Å². The Balaban J connectivity index is 1.39. The average Bonchev–Trinajstić information content (AvgIpc) is 3.30. The summed E-state index contributed by atoms with van der Waals surface area (Å²) in [4.78, 5) is 27.2. The third-order valence-electron chi connectivity index (χ3n) is 5.10. The zero-order valence-electron chi connectivity index (χ0n) is 14.8. The molecule has 27 heavy (non-hydrogen) atoms. The first-order chi connectivity index (χ1) is 13.2. The van der Waals surface area contributed by atoms with E-state index in [9.17, 15) is 9.59 Å². The molecular formula is C19H20N6O2. The van der Waals surface area contributed by atoms with Gasteiger partial charge in [0.05, 0.1) is 29.5 Å². The van der Waals surface area contributed by atoms with Gasteiger partial charge in [0.1, 0.15) is 0 Å². The number of nitrogens with zero attached hydrogens (tertiary/aromatic N) is 5. The number of aryl methyl sites for hydroxylation is 1. The Morgan fingerprint density at radius 3 is 2.93 bits per heavy atom. The molecule has 2 amide bonds. The van der Waals surface area contributed by atoms with E-state index in [1.807, 2.05) is 34.0 Å². The molecule has 0 saturated heterocycles. The van der Waals surface area contributed by atoms with Crippen LogP contribution in [0.4, 0.5) is 0 Å². The first-order valence-electron chi connectivity index (χ1n) is 9.28. The number of hydrogen-bond acceptors (Lipinski definition) is 4. The molecule has 0 unspecified atom stereocenters. The van der Waals surface area contributed by atoms with E-state index in [0.717, 1.165) is 30.5 Å². The fourth-order valence-electron chi connectivity index (χ4n) is 3.50. The number of nitrogens with one attached hydrogen (secondary N) is 1. The SMILES string of the molecule is O=C(NC1CC1)c1cc2n(n1)CCCN(C(=O)c1cnn3ccccc13)C2. The standard InChI is InChI=1S/C19H20N6O2/c26-18(21-13-5-6-13)16-10-14-12-23(7-3-9-24(14)22-16)19(27)15-11-20-25-8-2-1-4-17(15)25/h1-2,4,8,10-11,13H,3,5-7,9,12H2,(H,21,26). The van der Waals surface area contributed by atoms with Crippen molar-refractivity contribution in [3.05, 3.63) is 53.6 Å². The fraction of sp³-hybridized carbons (Fsp3) is 0.368. The molecule has 0 bridgehead atoms. The molecule has 1 saturated carbocycles. The minimum atomic E-state index is -0.126. The molecule has 1 N–H and O–H groups in total. The normalized spacial score (nSPS) is 16.8. The van der Waals surface area contributed by atoms with Crippen LogP contribution in [0.25, 0.3) is 5.52 Å². The molecule has 0 radical (unpaired) electrons. The van der Waals surface area contributed by atoms with Gasteiger partial charge >= 0.3 is 0 Å². The Hall–Kier alpha value is -3.16. The Morgan fingerprint density at radius 2 is 2.07 bits per heavy atom. The summed E-state index contributed by atoms with van der Waals surface area (Å²) in [6.07, 6.45) is 6.33. The van der Waals surface area contributed by atoms with Crippen molar-refractivity contribution in [2.75, 3.05) is 6.54 Å². The highest BCUT2D eigenvalue weighted by Gasteiger charge is 2.27. The van der Waals surface area contributed by atoms with Gasteiger partial charge in [-0.25, -0.2) is 4.52 Å². The van der Waals surface area contributed by atoms with Crippen molar-refractivity contribution in [3.8, 4) is 0 Å². The molecule has 0 atom stereocenters. The van der Waals surface area contributed by atoms with E-state index in [1.54, 1.807) is 16.8 Å². The van der Waals surface area contributed by atoms with Gasteiger partial charge in [-0.15, -0.1) is 0 Å². The summed E-state index contributed by atoms with van der Waals surface area (Å²) in [5.41, 5.74) is 2.71. The van der Waals surface area contributed by atoms with Crippen molar-refractivity contribution >= 4 is 17.3 Å². The highest BCUT2D eigenvalue weighted by molar-refractivity contribution is 6.00. The molecule has 5 rings (SSSR count). The van der Waals surface area contributed by atoms with Crippen LogP contribution in [0, 0.1) is 0 Å². The molecular weight excluding hydrogens is 344 g/mol. The van der Waals surface area contributed by atoms with E-state index in [-0.39, 0.29) is 11.8 Å². The van der Waals surface area contributed by atoms with Crippen LogP contribution < -0.4 is 5.32 Å². The summed E-state index contributed by atoms with van der Waals surface area (Å²) in [7, 11) is 0. The summed E-state index contributed by atoms with van der Waals surface area (Å²) in [6.45, 7) is 1.78. The second-order valence-electron chi connectivity index (χ2n) is 7.16. The molecule has 2 aliphatic rings. The average molecular weight is 364 g/mol. The molecule has 0 aromatic carbocycles. The molecule has 138 valence electrons. The van der Waals surface area contributed by atoms with Crippen molar-refractivity contribution in [1.82, 2.24) is 29.6 Å². The van der Waals surface area contributed by atoms with E-state index in [1.165, 1.54) is 0 Å². The number of amides is 2. The number of carbonyl (C=O) groups is 2. The summed E-state index contributed by atoms with van der Waals surface area (Å²) in [6, 6.07) is 7.78. The number of rotatable bonds is 3. The van der Waals surface area contributed by atoms with Crippen molar-refractivity contribution in [3.63, 3.8) is 0 Å². The van der Waals surface area contributed by atoms with E-state index in [0.29, 0.717) is 36.9 Å². The lowest BCUT2D eigenvalue weighted by atomic mass is 10.2. The third kappa shape index (κ3) is 2.97. The molecule has 4 heterocycles. The first kappa shape index (κ1) is 16.0. The van der Waals surface area contributed by atoms with Crippen LogP contribution in [-0.2, 0) is 13.1 Å². The molecule has 1 aliphatic heterocycles. The molecule has 0 spiro atoms. The number of pyridine rings is 1. The highest BCUT2D eigenvalue weighted by atomic mass is 16.2. The maximum atomic E-state index is 13.1. The molecule has 8 nitrogen and oxygen atoms in total. The monoisotopic (exact) mass is 364 g/mol. The molecule has 3 aromatic heterocycles. The smallest absolute Gasteiger partial charge is 0.272 e. The van der Waals surface area contributed by atoms with Crippen molar-refractivity contribution < 1.29 is 9.59 Å². The van der Waals surface area contributed by atoms with Gasteiger partial charge in [0.25, 0.3) is 11.8 Å². The first-order valence-corrected chi connectivity index (χ1v) is 9.28. The molecule has 8 heteroatoms. The lowest BCUT2D eigenvalue weighted by Crippen LogP contribution is -2.30. The number of carbonyl (C=O) groups excluding carboxylic acids is 2. The van der Waals surface area contributed by atoms with E-state index in [4.69, 9.17) is 0 Å². The van der Waals surface area contributed by atoms with E-state index < -0.39 is 0 Å². The van der Waals surface area contributed by atoms with Crippen LogP contribution in [0.3, 0.4) is 0 Å². The van der Waals surface area contributed by atoms with Crippen molar-refractivity contribution in [2.24, 2.45) is 0 Å². The minimum absolute atomic E-state index is 0.0465. The Kier molecular flexibility index (Phi) is 3.70. The molecule has 1 fully saturated rings. The van der Waals surface area contributed by atoms with E-state index in [2.05, 4.69) is 15.5 Å². The minimum Gasteiger partial charge on any atom is -0.348 e. The zero-order valence-corrected chi connectivity index (χ0v) is 14.8. The van der Waals surface area contributed by atoms with Crippen molar-refractivity contribution in [1.29, 1.82) is 0 Å². The van der Waals surface area contributed by atoms with Crippen LogP contribution in [0.2, 0.25) is 0 Å². The van der Waals surface area contributed by atoms with Gasteiger partial charge in [0.2, 0.25) is 0 Å². The van der Waals surface area contributed by atoms with Crippen LogP contribution >= 0.6 is 0 Å². The van der Waals surface area contributed by atoms with Crippen LogP contribution in [0.5, 0.6) is 0 Å². The van der Waals surface area contributed by atoms with E-state index >= 15 is 0 Å². The quantitative estimate of drug-likeness (QED) is 0.763. The molecule has 3 aromatic rings. The summed E-state index contributed by atoms with van der Waals surface area (Å²) in [5, 5.41) is 11.7. The number of hydrogen-bond donors (Lipinski definition) is 1. The summed E-state index contributed by atoms with van der Waals surface area (Å²) >= 11 is 0. The van der Waals surface area contributed by atoms with Gasteiger partial charge in [0.15, 0.2) is 5.69 Å². The lowest BCUT2D eigenvalue weighted by molar-refractivity contribution is 0.0747. The number of fused-ring (bicyclic) bond motifs is 2. The van der Waals surface area contributed by atoms with Crippen LogP contribution in [0.1, 0.15) is 45.8 Å². The molecule has 1 aliphatic carbocycles. The third-order valence-corrected chi connectivity index (χ3v) is 5.10. The second-order valence-corrected chi connectivity index (χ2v) is 7.16. The Labute approximate surface area is 155 Å². The number of aromatic nitrogens is 4. The highest BCUT2D eigenvalue weighted by Crippen LogP contribution is 2.21. The lowest BCUT2D eigenvalue weighted by Gasteiger charge is -2.19. The zero-order chi connectivity index (χ0) is 18.4. The maximum Gasteiger partial charge on any atom is 0.272 e. The predicted octanol–water partition coefficient (Wildman–Crippen LogP) is 1.47. The maximum absolute atomic E-state index is 13.1. The van der Waals surface area contributed by atoms with Crippen molar-refractivity contribution in [2.45, 2.75) is 38.4 Å². The Bertz CT molecular complexity index is 1030. The van der Waals surface area contributed by atoms with Crippen LogP contribution in [0.15, 0.2) is 36.7 Å². The van der Waals surface area contributed by atoms with Gasteiger partial charge in [-0.3, -0.25) is 14.3 Å². The summed E-state index contributed by atoms with van der Waals surface area (Å²) in [5.74, 6) is -0.173. The fourth-order valence-corrected chi connectivity index (χ4v) is 3.50. The largest absolute Gasteiger partial charge is 0.348 e. The Morgan fingerprint density at radius 1 is 1.19 bits per heavy atom. The van der Waals surface area contributed by atoms with Gasteiger partial charge in [-0.05, 0) is 37.5 Å².